The van der Waals surface area contributed by atoms with Gasteiger partial charge in [-0.15, -0.1) is 0 Å². The van der Waals surface area contributed by atoms with Crippen LogP contribution in [0.15, 0.2) is 30.5 Å². The number of rotatable bonds is 1. The maximum absolute atomic E-state index is 3.75. The van der Waals surface area contributed by atoms with E-state index in [-0.39, 0.29) is 0 Å². The van der Waals surface area contributed by atoms with E-state index in [4.69, 9.17) is 0 Å². The molecule has 1 saturated carbocycles. The fraction of sp³-hybridized carbons (Fsp3) is 0.579. The van der Waals surface area contributed by atoms with E-state index in [1.165, 1.54) is 35.9 Å². The maximum Gasteiger partial charge on any atom is 0.0477 e. The summed E-state index contributed by atoms with van der Waals surface area (Å²) in [6, 6.07) is 10.1. The average Bonchev–Trinajstić information content (AvgIpc) is 2.91. The van der Waals surface area contributed by atoms with Gasteiger partial charge in [-0.05, 0) is 58.7 Å². The molecule has 3 unspecified atom stereocenters. The molecule has 2 heteroatoms. The van der Waals surface area contributed by atoms with Crippen LogP contribution in [0.2, 0.25) is 0 Å². The molecule has 2 bridgehead atoms. The Labute approximate surface area is 127 Å². The van der Waals surface area contributed by atoms with E-state index in [1.807, 2.05) is 0 Å². The number of aryl methyl sites for hydroxylation is 1. The molecule has 2 heterocycles. The van der Waals surface area contributed by atoms with Crippen LogP contribution in [0.1, 0.15) is 45.1 Å². The summed E-state index contributed by atoms with van der Waals surface area (Å²) in [7, 11) is 2.12. The van der Waals surface area contributed by atoms with E-state index in [2.05, 4.69) is 68.2 Å². The minimum absolute atomic E-state index is 0.365. The first kappa shape index (κ1) is 13.4. The van der Waals surface area contributed by atoms with Crippen LogP contribution in [0.5, 0.6) is 0 Å². The molecule has 2 fully saturated rings. The van der Waals surface area contributed by atoms with E-state index < -0.39 is 0 Å². The highest BCUT2D eigenvalue weighted by molar-refractivity contribution is 5.81. The van der Waals surface area contributed by atoms with Gasteiger partial charge in [-0.1, -0.05) is 26.8 Å². The second-order valence-corrected chi connectivity index (χ2v) is 8.31. The van der Waals surface area contributed by atoms with Crippen molar-refractivity contribution in [2.75, 3.05) is 6.54 Å². The lowest BCUT2D eigenvalue weighted by atomic mass is 9.55. The van der Waals surface area contributed by atoms with Gasteiger partial charge < -0.3 is 9.88 Å². The quantitative estimate of drug-likeness (QED) is 0.834. The van der Waals surface area contributed by atoms with Gasteiger partial charge in [0.05, 0.1) is 0 Å². The van der Waals surface area contributed by atoms with Crippen molar-refractivity contribution < 1.29 is 0 Å². The molecule has 4 rings (SSSR count). The maximum atomic E-state index is 3.75. The molecule has 3 atom stereocenters. The zero-order valence-corrected chi connectivity index (χ0v) is 13.6. The monoisotopic (exact) mass is 282 g/mol. The topological polar surface area (TPSA) is 17.0 Å². The Bertz CT molecular complexity index is 697. The third-order valence-electron chi connectivity index (χ3n) is 6.00. The normalized spacial score (nSPS) is 34.5. The molecule has 21 heavy (non-hydrogen) atoms. The lowest BCUT2D eigenvalue weighted by Gasteiger charge is -2.48. The van der Waals surface area contributed by atoms with Crippen LogP contribution in [0.3, 0.4) is 0 Å². The van der Waals surface area contributed by atoms with Crippen LogP contribution in [-0.4, -0.2) is 17.2 Å². The Hall–Kier alpha value is -1.28. The summed E-state index contributed by atoms with van der Waals surface area (Å²) >= 11 is 0. The number of aromatic nitrogens is 1. The fourth-order valence-corrected chi connectivity index (χ4v) is 5.48. The number of nitrogens with zero attached hydrogens (tertiary/aromatic N) is 1. The summed E-state index contributed by atoms with van der Waals surface area (Å²) < 4.78 is 2.21. The summed E-state index contributed by atoms with van der Waals surface area (Å²) in [5.41, 5.74) is 3.63. The Morgan fingerprint density at radius 3 is 2.76 bits per heavy atom. The molecular formula is C19H26N2. The zero-order chi connectivity index (χ0) is 14.8. The van der Waals surface area contributed by atoms with Crippen molar-refractivity contribution in [1.29, 1.82) is 0 Å². The highest BCUT2D eigenvalue weighted by Crippen LogP contribution is 2.58. The molecule has 112 valence electrons. The molecule has 2 nitrogen and oxygen atoms in total. The van der Waals surface area contributed by atoms with Crippen molar-refractivity contribution >= 4 is 10.9 Å². The first-order valence-corrected chi connectivity index (χ1v) is 8.17. The largest absolute Gasteiger partial charge is 0.351 e. The van der Waals surface area contributed by atoms with Gasteiger partial charge in [-0.3, -0.25) is 0 Å². The summed E-state index contributed by atoms with van der Waals surface area (Å²) in [5.74, 6) is 0.640. The molecule has 1 N–H and O–H groups in total. The van der Waals surface area contributed by atoms with Gasteiger partial charge in [0.25, 0.3) is 0 Å². The summed E-state index contributed by atoms with van der Waals surface area (Å²) in [4.78, 5) is 0. The molecule has 0 amide bonds. The first-order chi connectivity index (χ1) is 9.89. The van der Waals surface area contributed by atoms with Crippen molar-refractivity contribution in [2.45, 2.75) is 45.6 Å². The van der Waals surface area contributed by atoms with Crippen LogP contribution >= 0.6 is 0 Å². The molecule has 1 aromatic heterocycles. The first-order valence-electron chi connectivity index (χ1n) is 8.17. The van der Waals surface area contributed by atoms with Gasteiger partial charge in [0.2, 0.25) is 0 Å². The number of hydrogen-bond acceptors (Lipinski definition) is 1. The second-order valence-electron chi connectivity index (χ2n) is 8.31. The Balaban J connectivity index is 1.85. The lowest BCUT2D eigenvalue weighted by molar-refractivity contribution is 0.0910. The van der Waals surface area contributed by atoms with Crippen LogP contribution in [0, 0.1) is 10.8 Å². The van der Waals surface area contributed by atoms with Crippen molar-refractivity contribution in [3.05, 3.63) is 36.0 Å². The highest BCUT2D eigenvalue weighted by atomic mass is 15.0. The Morgan fingerprint density at radius 1 is 1.14 bits per heavy atom. The smallest absolute Gasteiger partial charge is 0.0477 e. The Kier molecular flexibility index (Phi) is 2.63. The highest BCUT2D eigenvalue weighted by Gasteiger charge is 2.53. The van der Waals surface area contributed by atoms with Gasteiger partial charge in [-0.25, -0.2) is 0 Å². The van der Waals surface area contributed by atoms with Crippen LogP contribution in [0.25, 0.3) is 10.9 Å². The molecule has 2 aromatic rings. The van der Waals surface area contributed by atoms with Gasteiger partial charge in [0.1, 0.15) is 0 Å². The molecular weight excluding hydrogens is 256 g/mol. The molecule has 1 saturated heterocycles. The number of nitrogens with one attached hydrogen (secondary N) is 1. The third kappa shape index (κ3) is 1.88. The van der Waals surface area contributed by atoms with Crippen LogP contribution in [0.4, 0.5) is 0 Å². The van der Waals surface area contributed by atoms with Gasteiger partial charge in [0, 0.05) is 31.3 Å². The molecule has 1 aromatic carbocycles. The van der Waals surface area contributed by atoms with Crippen molar-refractivity contribution in [2.24, 2.45) is 17.9 Å². The summed E-state index contributed by atoms with van der Waals surface area (Å²) in [6.07, 6.45) is 4.78. The van der Waals surface area contributed by atoms with Crippen molar-refractivity contribution in [1.82, 2.24) is 9.88 Å². The lowest BCUT2D eigenvalue weighted by Crippen LogP contribution is -2.41. The molecule has 2 aliphatic rings. The third-order valence-corrected chi connectivity index (χ3v) is 6.00. The number of hydrogen-bond donors (Lipinski definition) is 1. The van der Waals surface area contributed by atoms with Crippen LogP contribution < -0.4 is 5.32 Å². The van der Waals surface area contributed by atoms with Crippen molar-refractivity contribution in [3.8, 4) is 0 Å². The number of benzene rings is 1. The second kappa shape index (κ2) is 4.13. The average molecular weight is 282 g/mol. The predicted octanol–water partition coefficient (Wildman–Crippen LogP) is 4.06. The minimum Gasteiger partial charge on any atom is -0.351 e. The molecule has 1 aliphatic heterocycles. The fourth-order valence-electron chi connectivity index (χ4n) is 5.48. The van der Waals surface area contributed by atoms with Crippen molar-refractivity contribution in [3.63, 3.8) is 0 Å². The zero-order valence-electron chi connectivity index (χ0n) is 13.6. The summed E-state index contributed by atoms with van der Waals surface area (Å²) in [6.45, 7) is 8.58. The minimum atomic E-state index is 0.365. The molecule has 0 spiro atoms. The van der Waals surface area contributed by atoms with Gasteiger partial charge in [-0.2, -0.15) is 0 Å². The SMILES string of the molecule is Cn1ccc2cc(C3C(C)(C)CC4CC3(C)CN4)ccc21. The van der Waals surface area contributed by atoms with Crippen LogP contribution in [-0.2, 0) is 7.05 Å². The van der Waals surface area contributed by atoms with E-state index in [0.29, 0.717) is 16.7 Å². The molecule has 1 aliphatic carbocycles. The van der Waals surface area contributed by atoms with Gasteiger partial charge in [0.15, 0.2) is 0 Å². The van der Waals surface area contributed by atoms with Gasteiger partial charge >= 0.3 is 0 Å². The molecule has 0 radical (unpaired) electrons. The predicted molar refractivity (Wildman–Crippen MR) is 88.6 cm³/mol. The van der Waals surface area contributed by atoms with E-state index in [0.717, 1.165) is 6.04 Å². The van der Waals surface area contributed by atoms with E-state index in [1.54, 1.807) is 0 Å². The van der Waals surface area contributed by atoms with E-state index in [9.17, 15) is 0 Å². The van der Waals surface area contributed by atoms with E-state index >= 15 is 0 Å². The Morgan fingerprint density at radius 2 is 1.95 bits per heavy atom. The summed E-state index contributed by atoms with van der Waals surface area (Å²) in [5, 5.41) is 5.13. The number of fused-ring (bicyclic) bond motifs is 3. The standard InChI is InChI=1S/C19H26N2/c1-18(2)10-15-11-19(3,12-20-15)17(18)14-5-6-16-13(9-14)7-8-21(16)4/h5-9,15,17,20H,10-12H2,1-4H3.